The van der Waals surface area contributed by atoms with E-state index in [1.165, 1.54) is 5.56 Å². The molecule has 0 amide bonds. The number of pyridine rings is 1. The van der Waals surface area contributed by atoms with E-state index in [1.54, 1.807) is 11.7 Å². The zero-order valence-corrected chi connectivity index (χ0v) is 9.53. The molecule has 0 fully saturated rings. The Morgan fingerprint density at radius 1 is 1.50 bits per heavy atom. The quantitative estimate of drug-likeness (QED) is 0.807. The maximum absolute atomic E-state index is 12.0. The van der Waals surface area contributed by atoms with Crippen molar-refractivity contribution in [2.24, 2.45) is 0 Å². The first kappa shape index (κ1) is 11.4. The van der Waals surface area contributed by atoms with Crippen molar-refractivity contribution in [2.45, 2.75) is 32.4 Å². The number of aliphatic hydroxyl groups excluding tert-OH is 1. The van der Waals surface area contributed by atoms with Gasteiger partial charge in [-0.05, 0) is 30.9 Å². The summed E-state index contributed by atoms with van der Waals surface area (Å²) in [6, 6.07) is 1.86. The highest BCUT2D eigenvalue weighted by atomic mass is 16.5. The predicted molar refractivity (Wildman–Crippen MR) is 60.5 cm³/mol. The minimum Gasteiger partial charge on any atom is -0.391 e. The Bertz CT molecular complexity index is 437. The lowest BCUT2D eigenvalue weighted by Gasteiger charge is -2.13. The van der Waals surface area contributed by atoms with Crippen LogP contribution in [0.5, 0.6) is 0 Å². The molecule has 1 aliphatic rings. The molecule has 0 spiro atoms. The Kier molecular flexibility index (Phi) is 3.41. The van der Waals surface area contributed by atoms with E-state index in [-0.39, 0.29) is 12.2 Å². The lowest BCUT2D eigenvalue weighted by atomic mass is 10.1. The molecule has 1 aliphatic carbocycles. The molecule has 16 heavy (non-hydrogen) atoms. The predicted octanol–water partition coefficient (Wildman–Crippen LogP) is 0.476. The number of nitrogens with zero attached hydrogens (tertiary/aromatic N) is 1. The van der Waals surface area contributed by atoms with Gasteiger partial charge in [0.15, 0.2) is 0 Å². The van der Waals surface area contributed by atoms with Gasteiger partial charge in [-0.3, -0.25) is 4.79 Å². The van der Waals surface area contributed by atoms with E-state index in [2.05, 4.69) is 0 Å². The Morgan fingerprint density at radius 2 is 2.31 bits per heavy atom. The summed E-state index contributed by atoms with van der Waals surface area (Å²) in [5.41, 5.74) is 2.76. The van der Waals surface area contributed by atoms with Gasteiger partial charge in [0.2, 0.25) is 0 Å². The highest BCUT2D eigenvalue weighted by molar-refractivity contribution is 5.30. The second-order valence-electron chi connectivity index (χ2n) is 4.10. The number of aryl methyl sites for hydroxylation is 1. The second kappa shape index (κ2) is 4.80. The number of ether oxygens (including phenoxy) is 1. The van der Waals surface area contributed by atoms with E-state index in [4.69, 9.17) is 9.84 Å². The van der Waals surface area contributed by atoms with Crippen LogP contribution >= 0.6 is 0 Å². The third kappa shape index (κ3) is 1.90. The van der Waals surface area contributed by atoms with Crippen LogP contribution in [0.25, 0.3) is 0 Å². The van der Waals surface area contributed by atoms with Gasteiger partial charge < -0.3 is 14.4 Å². The third-order valence-electron chi connectivity index (χ3n) is 3.11. The van der Waals surface area contributed by atoms with Crippen LogP contribution in [0.1, 0.15) is 23.2 Å². The molecule has 0 aliphatic heterocycles. The summed E-state index contributed by atoms with van der Waals surface area (Å²) in [6.07, 6.45) is 3.06. The first-order valence-corrected chi connectivity index (χ1v) is 5.62. The van der Waals surface area contributed by atoms with Crippen LogP contribution in [-0.2, 0) is 30.7 Å². The van der Waals surface area contributed by atoms with Crippen molar-refractivity contribution >= 4 is 0 Å². The van der Waals surface area contributed by atoms with Gasteiger partial charge in [0, 0.05) is 24.9 Å². The van der Waals surface area contributed by atoms with Crippen LogP contribution < -0.4 is 5.56 Å². The van der Waals surface area contributed by atoms with Crippen LogP contribution in [0.2, 0.25) is 0 Å². The average molecular weight is 223 g/mol. The van der Waals surface area contributed by atoms with Gasteiger partial charge >= 0.3 is 0 Å². The van der Waals surface area contributed by atoms with Gasteiger partial charge in [-0.1, -0.05) is 0 Å². The van der Waals surface area contributed by atoms with Crippen molar-refractivity contribution in [3.05, 3.63) is 33.2 Å². The van der Waals surface area contributed by atoms with Crippen molar-refractivity contribution in [1.82, 2.24) is 4.57 Å². The maximum atomic E-state index is 12.0. The molecule has 0 aromatic carbocycles. The normalized spacial score (nSPS) is 14.1. The van der Waals surface area contributed by atoms with Gasteiger partial charge in [0.25, 0.3) is 5.56 Å². The van der Waals surface area contributed by atoms with E-state index in [9.17, 15) is 4.79 Å². The van der Waals surface area contributed by atoms with Crippen LogP contribution in [0.15, 0.2) is 10.9 Å². The maximum Gasteiger partial charge on any atom is 0.256 e. The zero-order chi connectivity index (χ0) is 11.5. The van der Waals surface area contributed by atoms with Gasteiger partial charge in [0.05, 0.1) is 13.2 Å². The summed E-state index contributed by atoms with van der Waals surface area (Å²) in [5, 5.41) is 9.15. The molecule has 1 aromatic heterocycles. The minimum absolute atomic E-state index is 0.0693. The number of aromatic nitrogens is 1. The molecular weight excluding hydrogens is 206 g/mol. The molecule has 2 rings (SSSR count). The van der Waals surface area contributed by atoms with Crippen LogP contribution in [0.4, 0.5) is 0 Å². The highest BCUT2D eigenvalue weighted by Gasteiger charge is 2.18. The molecule has 1 heterocycles. The van der Waals surface area contributed by atoms with Crippen molar-refractivity contribution in [2.75, 3.05) is 13.7 Å². The van der Waals surface area contributed by atoms with Crippen molar-refractivity contribution in [3.8, 4) is 0 Å². The second-order valence-corrected chi connectivity index (χ2v) is 4.10. The molecule has 1 N–H and O–H groups in total. The topological polar surface area (TPSA) is 51.5 Å². The van der Waals surface area contributed by atoms with Gasteiger partial charge in [-0.2, -0.15) is 0 Å². The number of methoxy groups -OCH3 is 1. The summed E-state index contributed by atoms with van der Waals surface area (Å²) in [4.78, 5) is 12.0. The SMILES string of the molecule is COCCn1c2c(cc(CO)c1=O)CCC2. The van der Waals surface area contributed by atoms with Crippen molar-refractivity contribution in [1.29, 1.82) is 0 Å². The molecular formula is C12H17NO3. The monoisotopic (exact) mass is 223 g/mol. The van der Waals surface area contributed by atoms with Crippen LogP contribution in [-0.4, -0.2) is 23.4 Å². The smallest absolute Gasteiger partial charge is 0.256 e. The van der Waals surface area contributed by atoms with Gasteiger partial charge in [0.1, 0.15) is 0 Å². The molecule has 4 nitrogen and oxygen atoms in total. The lowest BCUT2D eigenvalue weighted by molar-refractivity contribution is 0.185. The van der Waals surface area contributed by atoms with E-state index >= 15 is 0 Å². The number of rotatable bonds is 4. The summed E-state index contributed by atoms with van der Waals surface area (Å²) in [7, 11) is 1.63. The Balaban J connectivity index is 2.47. The summed E-state index contributed by atoms with van der Waals surface area (Å²) in [6.45, 7) is 0.922. The van der Waals surface area contributed by atoms with E-state index in [0.717, 1.165) is 25.0 Å². The molecule has 0 radical (unpaired) electrons. The molecule has 0 saturated carbocycles. The van der Waals surface area contributed by atoms with Crippen LogP contribution in [0, 0.1) is 0 Å². The van der Waals surface area contributed by atoms with E-state index in [0.29, 0.717) is 18.7 Å². The van der Waals surface area contributed by atoms with Gasteiger partial charge in [-0.25, -0.2) is 0 Å². The zero-order valence-electron chi connectivity index (χ0n) is 9.53. The number of aliphatic hydroxyl groups is 1. The number of hydrogen-bond donors (Lipinski definition) is 1. The standard InChI is InChI=1S/C12H17NO3/c1-16-6-5-13-11-4-2-3-9(11)7-10(8-14)12(13)15/h7,14H,2-6,8H2,1H3. The largest absolute Gasteiger partial charge is 0.391 e. The first-order chi connectivity index (χ1) is 7.77. The molecule has 88 valence electrons. The minimum atomic E-state index is -0.181. The lowest BCUT2D eigenvalue weighted by Crippen LogP contribution is -2.28. The molecule has 0 saturated heterocycles. The summed E-state index contributed by atoms with van der Waals surface area (Å²) < 4.78 is 6.77. The third-order valence-corrected chi connectivity index (χ3v) is 3.11. The molecule has 0 bridgehead atoms. The fraction of sp³-hybridized carbons (Fsp3) is 0.583. The molecule has 4 heteroatoms. The highest BCUT2D eigenvalue weighted by Crippen LogP contribution is 2.21. The summed E-state index contributed by atoms with van der Waals surface area (Å²) in [5.74, 6) is 0. The van der Waals surface area contributed by atoms with E-state index < -0.39 is 0 Å². The Labute approximate surface area is 94.5 Å². The van der Waals surface area contributed by atoms with Crippen molar-refractivity contribution < 1.29 is 9.84 Å². The summed E-state index contributed by atoms with van der Waals surface area (Å²) >= 11 is 0. The van der Waals surface area contributed by atoms with Crippen molar-refractivity contribution in [3.63, 3.8) is 0 Å². The molecule has 0 atom stereocenters. The fourth-order valence-corrected chi connectivity index (χ4v) is 2.32. The molecule has 0 unspecified atom stereocenters. The number of hydrogen-bond acceptors (Lipinski definition) is 3. The fourth-order valence-electron chi connectivity index (χ4n) is 2.32. The van der Waals surface area contributed by atoms with Gasteiger partial charge in [-0.15, -0.1) is 0 Å². The Hall–Kier alpha value is -1.13. The number of fused-ring (bicyclic) bond motifs is 1. The van der Waals surface area contributed by atoms with Crippen LogP contribution in [0.3, 0.4) is 0 Å². The average Bonchev–Trinajstić information content (AvgIpc) is 2.75. The van der Waals surface area contributed by atoms with E-state index in [1.807, 2.05) is 6.07 Å². The first-order valence-electron chi connectivity index (χ1n) is 5.62. The molecule has 1 aromatic rings. The Morgan fingerprint density at radius 3 is 3.00 bits per heavy atom.